The van der Waals surface area contributed by atoms with Crippen molar-refractivity contribution in [2.24, 2.45) is 5.73 Å². The molecule has 3 N–H and O–H groups in total. The van der Waals surface area contributed by atoms with Crippen molar-refractivity contribution in [1.29, 1.82) is 0 Å². The van der Waals surface area contributed by atoms with Gasteiger partial charge >= 0.3 is 0 Å². The minimum absolute atomic E-state index is 0.139. The van der Waals surface area contributed by atoms with E-state index in [1.807, 2.05) is 24.3 Å². The lowest BCUT2D eigenvalue weighted by molar-refractivity contribution is -0.117. The van der Waals surface area contributed by atoms with Gasteiger partial charge in [0.25, 0.3) is 0 Å². The summed E-state index contributed by atoms with van der Waals surface area (Å²) in [5.41, 5.74) is 6.82. The first-order chi connectivity index (χ1) is 9.20. The van der Waals surface area contributed by atoms with Crippen molar-refractivity contribution in [1.82, 2.24) is 0 Å². The number of nitrogens with two attached hydrogens (primary N) is 1. The fourth-order valence-electron chi connectivity index (χ4n) is 2.98. The zero-order valence-corrected chi connectivity index (χ0v) is 12.7. The Morgan fingerprint density at radius 2 is 2.00 bits per heavy atom. The summed E-state index contributed by atoms with van der Waals surface area (Å²) >= 11 is 0. The monoisotopic (exact) mass is 276 g/mol. The number of benzene rings is 1. The van der Waals surface area contributed by atoms with Crippen LogP contribution in [0.15, 0.2) is 24.3 Å². The van der Waals surface area contributed by atoms with Gasteiger partial charge in [0.15, 0.2) is 0 Å². The zero-order valence-electron chi connectivity index (χ0n) is 12.7. The highest BCUT2D eigenvalue weighted by Crippen LogP contribution is 2.39. The van der Waals surface area contributed by atoms with Gasteiger partial charge in [-0.2, -0.15) is 0 Å². The molecule has 0 bridgehead atoms. The maximum absolute atomic E-state index is 11.2. The van der Waals surface area contributed by atoms with E-state index in [0.717, 1.165) is 17.7 Å². The van der Waals surface area contributed by atoms with Crippen LogP contribution in [0.4, 0.5) is 5.69 Å². The topological polar surface area (TPSA) is 64.3 Å². The zero-order chi connectivity index (χ0) is 15.0. The van der Waals surface area contributed by atoms with Crippen LogP contribution in [-0.2, 0) is 16.0 Å². The highest BCUT2D eigenvalue weighted by atomic mass is 16.5. The van der Waals surface area contributed by atoms with Crippen LogP contribution in [0, 0.1) is 0 Å². The van der Waals surface area contributed by atoms with Crippen molar-refractivity contribution >= 4 is 11.6 Å². The van der Waals surface area contributed by atoms with Gasteiger partial charge in [-0.1, -0.05) is 18.2 Å². The maximum atomic E-state index is 11.2. The van der Waals surface area contributed by atoms with Crippen molar-refractivity contribution in [2.75, 3.05) is 5.32 Å². The summed E-state index contributed by atoms with van der Waals surface area (Å²) in [6, 6.07) is 8.00. The highest BCUT2D eigenvalue weighted by Gasteiger charge is 2.45. The first-order valence-corrected chi connectivity index (χ1v) is 7.02. The average Bonchev–Trinajstić information content (AvgIpc) is 2.48. The Hall–Kier alpha value is -1.55. The number of ether oxygens (including phenoxy) is 1. The Morgan fingerprint density at radius 3 is 2.55 bits per heavy atom. The Kier molecular flexibility index (Phi) is 3.78. The maximum Gasteiger partial charge on any atom is 0.221 e. The molecule has 4 heteroatoms. The first-order valence-electron chi connectivity index (χ1n) is 7.02. The first kappa shape index (κ1) is 14.9. The smallest absolute Gasteiger partial charge is 0.221 e. The molecule has 1 unspecified atom stereocenters. The van der Waals surface area contributed by atoms with E-state index in [1.165, 1.54) is 0 Å². The van der Waals surface area contributed by atoms with Crippen LogP contribution in [0.5, 0.6) is 0 Å². The Balaban J connectivity index is 2.20. The minimum Gasteiger partial charge on any atom is -0.379 e. The van der Waals surface area contributed by atoms with E-state index in [4.69, 9.17) is 10.5 Å². The van der Waals surface area contributed by atoms with Gasteiger partial charge in [-0.15, -0.1) is 0 Å². The molecule has 0 radical (unpaired) electrons. The fraction of sp³-hybridized carbons (Fsp3) is 0.562. The number of anilines is 1. The van der Waals surface area contributed by atoms with E-state index in [-0.39, 0.29) is 29.6 Å². The van der Waals surface area contributed by atoms with Gasteiger partial charge in [0.05, 0.1) is 23.7 Å². The summed E-state index contributed by atoms with van der Waals surface area (Å²) < 4.78 is 6.09. The molecule has 110 valence electrons. The fourth-order valence-corrected chi connectivity index (χ4v) is 2.98. The number of hydrogen-bond donors (Lipinski definition) is 2. The van der Waals surface area contributed by atoms with Crippen molar-refractivity contribution < 1.29 is 9.53 Å². The molecule has 1 aromatic rings. The molecule has 1 aliphatic rings. The Bertz CT molecular complexity index is 509. The molecule has 2 rings (SSSR count). The van der Waals surface area contributed by atoms with E-state index in [2.05, 4.69) is 33.0 Å². The number of para-hydroxylation sites is 1. The summed E-state index contributed by atoms with van der Waals surface area (Å²) in [4.78, 5) is 11.2. The number of rotatable bonds is 4. The van der Waals surface area contributed by atoms with Crippen LogP contribution < -0.4 is 11.1 Å². The molecule has 1 heterocycles. The molecule has 1 atom stereocenters. The van der Waals surface area contributed by atoms with Gasteiger partial charge in [-0.25, -0.2) is 0 Å². The summed E-state index contributed by atoms with van der Waals surface area (Å²) in [6.45, 7) is 8.39. The molecular formula is C16H24N2O2. The molecule has 4 nitrogen and oxygen atoms in total. The third-order valence-corrected chi connectivity index (χ3v) is 3.79. The Morgan fingerprint density at radius 1 is 1.35 bits per heavy atom. The molecule has 1 aromatic carbocycles. The molecule has 0 aliphatic carbocycles. The van der Waals surface area contributed by atoms with Crippen LogP contribution in [0.3, 0.4) is 0 Å². The van der Waals surface area contributed by atoms with Crippen molar-refractivity contribution in [3.63, 3.8) is 0 Å². The Labute approximate surface area is 120 Å². The predicted octanol–water partition coefficient (Wildman–Crippen LogP) is 2.47. The van der Waals surface area contributed by atoms with Gasteiger partial charge < -0.3 is 15.8 Å². The average molecular weight is 276 g/mol. The molecule has 1 fully saturated rings. The molecule has 1 amide bonds. The largest absolute Gasteiger partial charge is 0.379 e. The summed E-state index contributed by atoms with van der Waals surface area (Å²) in [5.74, 6) is -0.318. The third kappa shape index (κ3) is 3.31. The van der Waals surface area contributed by atoms with E-state index in [9.17, 15) is 4.79 Å². The number of carbonyl (C=O) groups is 1. The molecule has 0 saturated carbocycles. The van der Waals surface area contributed by atoms with E-state index in [0.29, 0.717) is 0 Å². The third-order valence-electron chi connectivity index (χ3n) is 3.79. The number of amides is 1. The number of primary amides is 1. The second kappa shape index (κ2) is 5.09. The van der Waals surface area contributed by atoms with Crippen molar-refractivity contribution in [3.8, 4) is 0 Å². The van der Waals surface area contributed by atoms with Gasteiger partial charge in [-0.3, -0.25) is 4.79 Å². The predicted molar refractivity (Wildman–Crippen MR) is 80.6 cm³/mol. The molecule has 1 saturated heterocycles. The van der Waals surface area contributed by atoms with Crippen LogP contribution >= 0.6 is 0 Å². The molecule has 20 heavy (non-hydrogen) atoms. The van der Waals surface area contributed by atoms with Gasteiger partial charge in [-0.05, 0) is 45.7 Å². The van der Waals surface area contributed by atoms with Crippen LogP contribution in [0.1, 0.15) is 39.7 Å². The van der Waals surface area contributed by atoms with E-state index in [1.54, 1.807) is 0 Å². The van der Waals surface area contributed by atoms with Crippen LogP contribution in [0.2, 0.25) is 0 Å². The number of carbonyl (C=O) groups excluding carboxylic acids is 1. The van der Waals surface area contributed by atoms with Crippen molar-refractivity contribution in [3.05, 3.63) is 29.8 Å². The number of nitrogens with one attached hydrogen (secondary N) is 1. The van der Waals surface area contributed by atoms with E-state index < -0.39 is 0 Å². The van der Waals surface area contributed by atoms with Gasteiger partial charge in [0.2, 0.25) is 5.91 Å². The lowest BCUT2D eigenvalue weighted by atomic mass is 9.93. The molecule has 1 aliphatic heterocycles. The lowest BCUT2D eigenvalue weighted by Gasteiger charge is -2.29. The highest BCUT2D eigenvalue weighted by molar-refractivity contribution is 5.78. The second-order valence-corrected chi connectivity index (χ2v) is 6.67. The van der Waals surface area contributed by atoms with Gasteiger partial charge in [0, 0.05) is 5.69 Å². The molecule has 0 aromatic heterocycles. The van der Waals surface area contributed by atoms with Crippen LogP contribution in [-0.4, -0.2) is 23.2 Å². The summed E-state index contributed by atoms with van der Waals surface area (Å²) in [6.07, 6.45) is 1.17. The van der Waals surface area contributed by atoms with Crippen molar-refractivity contribution in [2.45, 2.75) is 57.8 Å². The molecule has 0 spiro atoms. The normalized spacial score (nSPS) is 23.5. The quantitative estimate of drug-likeness (QED) is 0.888. The van der Waals surface area contributed by atoms with Gasteiger partial charge in [0.1, 0.15) is 0 Å². The minimum atomic E-state index is -0.318. The molecular weight excluding hydrogens is 252 g/mol. The standard InChI is InChI=1S/C16H24N2O2/c1-15(2)10-13(16(3,4)20-15)18-12-8-6-5-7-11(12)9-14(17)19/h5-8,13,18H,9-10H2,1-4H3,(H2,17,19). The van der Waals surface area contributed by atoms with Crippen LogP contribution in [0.25, 0.3) is 0 Å². The van der Waals surface area contributed by atoms with E-state index >= 15 is 0 Å². The SMILES string of the molecule is CC1(C)CC(Nc2ccccc2CC(N)=O)C(C)(C)O1. The summed E-state index contributed by atoms with van der Waals surface area (Å²) in [7, 11) is 0. The second-order valence-electron chi connectivity index (χ2n) is 6.67. The summed E-state index contributed by atoms with van der Waals surface area (Å²) in [5, 5.41) is 3.53. The number of hydrogen-bond acceptors (Lipinski definition) is 3. The lowest BCUT2D eigenvalue weighted by Crippen LogP contribution is -2.38.